The Hall–Kier alpha value is -1.29. The Morgan fingerprint density at radius 1 is 1.50 bits per heavy atom. The molecule has 1 aromatic rings. The molecule has 1 aliphatic heterocycles. The van der Waals surface area contributed by atoms with E-state index in [4.69, 9.17) is 9.52 Å². The molecular formula is C14H21NO3. The molecule has 0 spiro atoms. The number of aryl methyl sites for hydroxylation is 2. The van der Waals surface area contributed by atoms with Gasteiger partial charge in [-0.3, -0.25) is 9.69 Å². The molecule has 2 rings (SSSR count). The lowest BCUT2D eigenvalue weighted by molar-refractivity contribution is -0.142. The maximum Gasteiger partial charge on any atom is 0.308 e. The first-order chi connectivity index (χ1) is 8.40. The van der Waals surface area contributed by atoms with E-state index >= 15 is 0 Å². The van der Waals surface area contributed by atoms with Gasteiger partial charge >= 0.3 is 5.97 Å². The molecule has 0 aliphatic carbocycles. The van der Waals surface area contributed by atoms with Crippen LogP contribution in [0.5, 0.6) is 0 Å². The fourth-order valence-electron chi connectivity index (χ4n) is 2.90. The smallest absolute Gasteiger partial charge is 0.308 e. The first-order valence-corrected chi connectivity index (χ1v) is 6.44. The third kappa shape index (κ3) is 2.29. The van der Waals surface area contributed by atoms with Crippen LogP contribution in [0.1, 0.15) is 37.0 Å². The zero-order valence-corrected chi connectivity index (χ0v) is 11.4. The number of rotatable bonds is 3. The van der Waals surface area contributed by atoms with Gasteiger partial charge < -0.3 is 9.52 Å². The Balaban J connectivity index is 2.14. The number of carboxylic acids is 1. The molecular weight excluding hydrogens is 230 g/mol. The second-order valence-corrected chi connectivity index (χ2v) is 5.42. The van der Waals surface area contributed by atoms with Crippen LogP contribution in [0.4, 0.5) is 0 Å². The molecule has 0 aromatic carbocycles. The van der Waals surface area contributed by atoms with E-state index < -0.39 is 5.97 Å². The molecule has 1 fully saturated rings. The molecule has 3 unspecified atom stereocenters. The minimum atomic E-state index is -0.683. The Kier molecular flexibility index (Phi) is 3.48. The largest absolute Gasteiger partial charge is 0.481 e. The summed E-state index contributed by atoms with van der Waals surface area (Å²) < 4.78 is 5.55. The van der Waals surface area contributed by atoms with Crippen molar-refractivity contribution in [1.29, 1.82) is 0 Å². The van der Waals surface area contributed by atoms with E-state index in [1.807, 2.05) is 20.8 Å². The van der Waals surface area contributed by atoms with Crippen molar-refractivity contribution in [1.82, 2.24) is 4.90 Å². The van der Waals surface area contributed by atoms with Gasteiger partial charge in [0.1, 0.15) is 11.5 Å². The van der Waals surface area contributed by atoms with Crippen molar-refractivity contribution in [3.05, 3.63) is 23.2 Å². The first-order valence-electron chi connectivity index (χ1n) is 6.44. The van der Waals surface area contributed by atoms with Crippen molar-refractivity contribution in [2.45, 2.75) is 33.7 Å². The van der Waals surface area contributed by atoms with Crippen molar-refractivity contribution < 1.29 is 14.3 Å². The number of hydrogen-bond donors (Lipinski definition) is 1. The van der Waals surface area contributed by atoms with Gasteiger partial charge in [-0.15, -0.1) is 0 Å². The third-order valence-corrected chi connectivity index (χ3v) is 4.03. The lowest BCUT2D eigenvalue weighted by Gasteiger charge is -2.23. The van der Waals surface area contributed by atoms with Crippen LogP contribution in [0.15, 0.2) is 10.5 Å². The van der Waals surface area contributed by atoms with Crippen LogP contribution >= 0.6 is 0 Å². The molecule has 1 aromatic heterocycles. The molecule has 0 saturated carbocycles. The summed E-state index contributed by atoms with van der Waals surface area (Å²) in [5.74, 6) is 1.12. The molecule has 2 heterocycles. The van der Waals surface area contributed by atoms with E-state index in [1.54, 1.807) is 0 Å². The summed E-state index contributed by atoms with van der Waals surface area (Å²) in [5.41, 5.74) is 1.17. The fraction of sp³-hybridized carbons (Fsp3) is 0.643. The Morgan fingerprint density at radius 3 is 2.61 bits per heavy atom. The summed E-state index contributed by atoms with van der Waals surface area (Å²) in [7, 11) is 0. The number of carboxylic acid groups (broad SMARTS) is 1. The second-order valence-electron chi connectivity index (χ2n) is 5.42. The van der Waals surface area contributed by atoms with Crippen molar-refractivity contribution in [3.63, 3.8) is 0 Å². The van der Waals surface area contributed by atoms with Crippen LogP contribution < -0.4 is 0 Å². The van der Waals surface area contributed by atoms with Gasteiger partial charge in [0.15, 0.2) is 0 Å². The zero-order chi connectivity index (χ0) is 13.4. The number of likely N-dealkylation sites (tertiary alicyclic amines) is 1. The average Bonchev–Trinajstić information content (AvgIpc) is 2.81. The van der Waals surface area contributed by atoms with E-state index in [2.05, 4.69) is 17.9 Å². The molecule has 0 amide bonds. The van der Waals surface area contributed by atoms with E-state index in [9.17, 15) is 4.79 Å². The second kappa shape index (κ2) is 4.76. The maximum atomic E-state index is 11.1. The monoisotopic (exact) mass is 251 g/mol. The summed E-state index contributed by atoms with van der Waals surface area (Å²) in [5, 5.41) is 9.17. The van der Waals surface area contributed by atoms with Gasteiger partial charge in [0.2, 0.25) is 0 Å². The lowest BCUT2D eigenvalue weighted by atomic mass is 9.99. The fourth-order valence-corrected chi connectivity index (χ4v) is 2.90. The van der Waals surface area contributed by atoms with Crippen molar-refractivity contribution in [2.75, 3.05) is 13.1 Å². The summed E-state index contributed by atoms with van der Waals surface area (Å²) in [6, 6.07) is 2.27. The van der Waals surface area contributed by atoms with Crippen molar-refractivity contribution >= 4 is 5.97 Å². The molecule has 0 bridgehead atoms. The highest BCUT2D eigenvalue weighted by Crippen LogP contribution is 2.33. The highest BCUT2D eigenvalue weighted by atomic mass is 16.4. The van der Waals surface area contributed by atoms with Gasteiger partial charge in [0.25, 0.3) is 0 Å². The molecule has 0 radical (unpaired) electrons. The standard InChI is InChI=1S/C14H21NO3/c1-8-6-15(7-13(8)14(16)17)10(3)12-5-9(2)18-11(12)4/h5,8,10,13H,6-7H2,1-4H3,(H,16,17). The normalized spacial score (nSPS) is 26.4. The van der Waals surface area contributed by atoms with Gasteiger partial charge in [-0.1, -0.05) is 6.92 Å². The third-order valence-electron chi connectivity index (χ3n) is 4.03. The van der Waals surface area contributed by atoms with Crippen LogP contribution in [0.25, 0.3) is 0 Å². The number of nitrogens with zero attached hydrogens (tertiary/aromatic N) is 1. The molecule has 18 heavy (non-hydrogen) atoms. The number of hydrogen-bond acceptors (Lipinski definition) is 3. The summed E-state index contributed by atoms with van der Waals surface area (Å²) in [6.07, 6.45) is 0. The lowest BCUT2D eigenvalue weighted by Crippen LogP contribution is -2.26. The van der Waals surface area contributed by atoms with Gasteiger partial charge in [-0.2, -0.15) is 0 Å². The van der Waals surface area contributed by atoms with E-state index in [1.165, 1.54) is 5.56 Å². The Morgan fingerprint density at radius 2 is 2.17 bits per heavy atom. The van der Waals surface area contributed by atoms with Gasteiger partial charge in [0.05, 0.1) is 5.92 Å². The van der Waals surface area contributed by atoms with Gasteiger partial charge in [0, 0.05) is 24.7 Å². The summed E-state index contributed by atoms with van der Waals surface area (Å²) >= 11 is 0. The van der Waals surface area contributed by atoms with Crippen LogP contribution in [-0.4, -0.2) is 29.1 Å². The van der Waals surface area contributed by atoms with Gasteiger partial charge in [-0.05, 0) is 32.8 Å². The van der Waals surface area contributed by atoms with Crippen molar-refractivity contribution in [2.24, 2.45) is 11.8 Å². The molecule has 3 atom stereocenters. The average molecular weight is 251 g/mol. The van der Waals surface area contributed by atoms with Crippen LogP contribution in [-0.2, 0) is 4.79 Å². The summed E-state index contributed by atoms with van der Waals surface area (Å²) in [6.45, 7) is 9.50. The number of carbonyl (C=O) groups is 1. The molecule has 1 N–H and O–H groups in total. The molecule has 1 aliphatic rings. The van der Waals surface area contributed by atoms with Crippen LogP contribution in [0.2, 0.25) is 0 Å². The molecule has 4 nitrogen and oxygen atoms in total. The highest BCUT2D eigenvalue weighted by molar-refractivity contribution is 5.71. The Labute approximate surface area is 108 Å². The number of furan rings is 1. The molecule has 1 saturated heterocycles. The predicted molar refractivity (Wildman–Crippen MR) is 68.5 cm³/mol. The minimum Gasteiger partial charge on any atom is -0.481 e. The highest BCUT2D eigenvalue weighted by Gasteiger charge is 2.37. The maximum absolute atomic E-state index is 11.1. The Bertz CT molecular complexity index is 452. The van der Waals surface area contributed by atoms with E-state index in [0.717, 1.165) is 18.1 Å². The minimum absolute atomic E-state index is 0.207. The zero-order valence-electron chi connectivity index (χ0n) is 11.4. The van der Waals surface area contributed by atoms with E-state index in [-0.39, 0.29) is 17.9 Å². The molecule has 4 heteroatoms. The SMILES string of the molecule is Cc1cc(C(C)N2CC(C)C(C(=O)O)C2)c(C)o1. The summed E-state index contributed by atoms with van der Waals surface area (Å²) in [4.78, 5) is 13.4. The van der Waals surface area contributed by atoms with E-state index in [0.29, 0.717) is 6.54 Å². The van der Waals surface area contributed by atoms with Crippen molar-refractivity contribution in [3.8, 4) is 0 Å². The topological polar surface area (TPSA) is 53.7 Å². The van der Waals surface area contributed by atoms with Gasteiger partial charge in [-0.25, -0.2) is 0 Å². The predicted octanol–water partition coefficient (Wildman–Crippen LogP) is 2.61. The number of aliphatic carboxylic acids is 1. The first kappa shape index (κ1) is 13.1. The van der Waals surface area contributed by atoms with Crippen LogP contribution in [0.3, 0.4) is 0 Å². The quantitative estimate of drug-likeness (QED) is 0.897. The molecule has 100 valence electrons. The van der Waals surface area contributed by atoms with Crippen LogP contribution in [0, 0.1) is 25.7 Å².